The van der Waals surface area contributed by atoms with Gasteiger partial charge in [-0.2, -0.15) is 9.97 Å². The summed E-state index contributed by atoms with van der Waals surface area (Å²) in [6.07, 6.45) is 6.69. The van der Waals surface area contributed by atoms with E-state index in [1.807, 2.05) is 43.9 Å². The summed E-state index contributed by atoms with van der Waals surface area (Å²) in [6, 6.07) is 9.12. The van der Waals surface area contributed by atoms with Crippen molar-refractivity contribution in [2.75, 3.05) is 44.2 Å². The number of halogens is 1. The molecule has 11 nitrogen and oxygen atoms in total. The minimum Gasteiger partial charge on any atom is -0.508 e. The van der Waals surface area contributed by atoms with Crippen LogP contribution in [0.4, 0.5) is 15.0 Å². The van der Waals surface area contributed by atoms with E-state index in [0.29, 0.717) is 77.0 Å². The molecule has 1 saturated carbocycles. The van der Waals surface area contributed by atoms with Crippen LogP contribution in [0.5, 0.6) is 11.8 Å². The van der Waals surface area contributed by atoms with Gasteiger partial charge in [0, 0.05) is 61.5 Å². The highest BCUT2D eigenvalue weighted by Gasteiger charge is 2.47. The zero-order chi connectivity index (χ0) is 43.6. The van der Waals surface area contributed by atoms with Gasteiger partial charge in [0.2, 0.25) is 0 Å². The Kier molecular flexibility index (Phi) is 11.4. The minimum absolute atomic E-state index is 0.00703. The number of alkyl halides is 1. The van der Waals surface area contributed by atoms with Crippen molar-refractivity contribution in [3.05, 3.63) is 53.9 Å². The van der Waals surface area contributed by atoms with Gasteiger partial charge in [0.25, 0.3) is 5.91 Å². The number of hydrogen-bond donors (Lipinski definition) is 1. The number of ether oxygens (including phenoxy) is 2. The molecule has 3 unspecified atom stereocenters. The fourth-order valence-electron chi connectivity index (χ4n) is 10.7. The predicted molar refractivity (Wildman–Crippen MR) is 241 cm³/mol. The van der Waals surface area contributed by atoms with Crippen molar-refractivity contribution in [3.63, 3.8) is 0 Å². The second-order valence-corrected chi connectivity index (χ2v) is 25.8. The number of hydrogen-bond acceptors (Lipinski definition) is 9. The van der Waals surface area contributed by atoms with E-state index in [2.05, 4.69) is 62.8 Å². The maximum atomic E-state index is 14.9. The second kappa shape index (κ2) is 16.2. The minimum atomic E-state index is -2.10. The number of phenols is 1. The summed E-state index contributed by atoms with van der Waals surface area (Å²) in [7, 11) is -2.10. The van der Waals surface area contributed by atoms with Crippen molar-refractivity contribution in [1.82, 2.24) is 24.3 Å². The van der Waals surface area contributed by atoms with Crippen LogP contribution in [0, 0.1) is 16.9 Å². The van der Waals surface area contributed by atoms with E-state index in [1.54, 1.807) is 18.5 Å². The molecule has 5 heterocycles. The van der Waals surface area contributed by atoms with Gasteiger partial charge in [-0.25, -0.2) is 9.18 Å². The number of aromatic nitrogens is 3. The number of likely N-dealkylation sites (tertiary alicyclic amines) is 1. The number of benzene rings is 2. The molecule has 13 heteroatoms. The number of piperazine rings is 1. The summed E-state index contributed by atoms with van der Waals surface area (Å²) < 4.78 is 27.9. The van der Waals surface area contributed by atoms with Crippen molar-refractivity contribution in [2.24, 2.45) is 5.41 Å². The number of phenolic OH excluding ortho intramolecular Hbond substituents is 1. The first-order chi connectivity index (χ1) is 28.9. The van der Waals surface area contributed by atoms with Crippen LogP contribution in [-0.4, -0.2) is 113 Å². The molecule has 0 radical (unpaired) electrons. The van der Waals surface area contributed by atoms with Gasteiger partial charge in [-0.1, -0.05) is 59.6 Å². The Labute approximate surface area is 361 Å². The van der Waals surface area contributed by atoms with Crippen LogP contribution in [0.25, 0.3) is 21.7 Å². The first kappa shape index (κ1) is 43.0. The maximum Gasteiger partial charge on any atom is 0.410 e. The SMILES string of the molecule is CC(C)[Si](C#Cc1cccc2cc(O)cc(C(=O)n3cc4nc(OCC5(CN6CCC(F)C6)CC5)nc(N5CC6CCC(C5)N6C(=O)OC(C)(C)C)c4c3)c12)(C(C)C)C(C)C. The monoisotopic (exact) mass is 850 g/mol. The lowest BCUT2D eigenvalue weighted by Gasteiger charge is -2.41. The lowest BCUT2D eigenvalue weighted by Crippen LogP contribution is -2.57. The molecule has 2 aromatic heterocycles. The summed E-state index contributed by atoms with van der Waals surface area (Å²) in [4.78, 5) is 44.5. The number of nitrogens with zero attached hydrogens (tertiary/aromatic N) is 6. The van der Waals surface area contributed by atoms with E-state index in [1.165, 1.54) is 10.6 Å². The fourth-order valence-corrected chi connectivity index (χ4v) is 15.9. The molecular formula is C48H63FN6O5Si. The third kappa shape index (κ3) is 8.47. The van der Waals surface area contributed by atoms with Gasteiger partial charge in [0.15, 0.2) is 0 Å². The van der Waals surface area contributed by atoms with Crippen LogP contribution in [0.3, 0.4) is 0 Å². The number of aromatic hydroxyl groups is 1. The molecule has 4 aromatic rings. The quantitative estimate of drug-likeness (QED) is 0.123. The maximum absolute atomic E-state index is 14.9. The Balaban J connectivity index is 1.17. The van der Waals surface area contributed by atoms with Gasteiger partial charge < -0.3 is 19.5 Å². The van der Waals surface area contributed by atoms with Crippen molar-refractivity contribution in [2.45, 2.75) is 135 Å². The van der Waals surface area contributed by atoms with Gasteiger partial charge in [-0.15, -0.1) is 5.54 Å². The Morgan fingerprint density at radius 3 is 2.26 bits per heavy atom. The van der Waals surface area contributed by atoms with Gasteiger partial charge in [0.1, 0.15) is 31.4 Å². The Morgan fingerprint density at radius 1 is 0.967 bits per heavy atom. The molecule has 326 valence electrons. The zero-order valence-electron chi connectivity index (χ0n) is 37.4. The smallest absolute Gasteiger partial charge is 0.410 e. The number of carbonyl (C=O) groups excluding carboxylic acids is 2. The lowest BCUT2D eigenvalue weighted by molar-refractivity contribution is 0.0122. The van der Waals surface area contributed by atoms with Crippen LogP contribution in [0.1, 0.15) is 110 Å². The number of fused-ring (bicyclic) bond motifs is 4. The van der Waals surface area contributed by atoms with Crippen LogP contribution >= 0.6 is 0 Å². The van der Waals surface area contributed by atoms with Gasteiger partial charge in [0.05, 0.1) is 35.2 Å². The molecule has 0 spiro atoms. The normalized spacial score (nSPS) is 21.5. The summed E-state index contributed by atoms with van der Waals surface area (Å²) in [5.41, 5.74) is 6.13. The van der Waals surface area contributed by atoms with Crippen LogP contribution < -0.4 is 9.64 Å². The molecule has 2 bridgehead atoms. The van der Waals surface area contributed by atoms with E-state index in [-0.39, 0.29) is 41.3 Å². The van der Waals surface area contributed by atoms with E-state index >= 15 is 0 Å². The summed E-state index contributed by atoms with van der Waals surface area (Å²) >= 11 is 0. The molecule has 3 aliphatic heterocycles. The molecule has 4 fully saturated rings. The first-order valence-corrected chi connectivity index (χ1v) is 24.6. The molecule has 1 amide bonds. The average Bonchev–Trinajstić information content (AvgIpc) is 3.45. The Hall–Kier alpha value is -4.67. The third-order valence-corrected chi connectivity index (χ3v) is 20.1. The Morgan fingerprint density at radius 2 is 1.66 bits per heavy atom. The summed E-state index contributed by atoms with van der Waals surface area (Å²) in [5, 5.41) is 13.1. The zero-order valence-corrected chi connectivity index (χ0v) is 38.4. The van der Waals surface area contributed by atoms with Crippen molar-refractivity contribution in [3.8, 4) is 23.2 Å². The number of amides is 1. The van der Waals surface area contributed by atoms with Crippen molar-refractivity contribution < 1.29 is 28.6 Å². The van der Waals surface area contributed by atoms with Gasteiger partial charge in [-0.05, 0) is 93.1 Å². The predicted octanol–water partition coefficient (Wildman–Crippen LogP) is 9.34. The summed E-state index contributed by atoms with van der Waals surface area (Å²) in [6.45, 7) is 22.9. The summed E-state index contributed by atoms with van der Waals surface area (Å²) in [5.74, 6) is 3.89. The van der Waals surface area contributed by atoms with Crippen LogP contribution in [-0.2, 0) is 4.74 Å². The molecule has 1 aliphatic carbocycles. The van der Waals surface area contributed by atoms with Gasteiger partial charge >= 0.3 is 12.1 Å². The highest BCUT2D eigenvalue weighted by Crippen LogP contribution is 2.47. The number of rotatable bonds is 10. The topological polar surface area (TPSA) is 113 Å². The van der Waals surface area contributed by atoms with Gasteiger partial charge in [-0.3, -0.25) is 19.2 Å². The Bertz CT molecular complexity index is 2360. The fraction of sp³-hybridized carbons (Fsp3) is 0.583. The molecule has 8 rings (SSSR count). The molecule has 2 aromatic carbocycles. The van der Waals surface area contributed by atoms with E-state index in [4.69, 9.17) is 19.4 Å². The van der Waals surface area contributed by atoms with Crippen molar-refractivity contribution in [1.29, 1.82) is 0 Å². The number of anilines is 1. The third-order valence-electron chi connectivity index (χ3n) is 13.8. The molecule has 61 heavy (non-hydrogen) atoms. The lowest BCUT2D eigenvalue weighted by atomic mass is 9.98. The molecule has 4 aliphatic rings. The second-order valence-electron chi connectivity index (χ2n) is 20.2. The molecule has 1 N–H and O–H groups in total. The molecule has 3 atom stereocenters. The highest BCUT2D eigenvalue weighted by atomic mass is 28.3. The van der Waals surface area contributed by atoms with Crippen molar-refractivity contribution >= 4 is 47.6 Å². The van der Waals surface area contributed by atoms with Crippen LogP contribution in [0.15, 0.2) is 42.7 Å². The standard InChI is InChI=1S/C48H63FN6O5Si/c1-30(2)61(31(3)4,32(5)6)20-16-33-11-10-12-34-21-38(56)22-39(42(33)34)44(57)54-26-40-41(27-54)50-45(59-29-48(17-18-48)28-52-19-15-35(49)23-52)51-43(40)53-24-36-13-14-37(25-53)55(36)46(58)60-47(7,8)9/h10-12,21-22,26-27,30-32,35-37,56H,13-15,17-19,23-25,28-29H2,1-9H3. The molecular weight excluding hydrogens is 788 g/mol. The molecule has 3 saturated heterocycles. The van der Waals surface area contributed by atoms with E-state index < -0.39 is 19.8 Å². The largest absolute Gasteiger partial charge is 0.508 e. The van der Waals surface area contributed by atoms with Crippen LogP contribution in [0.2, 0.25) is 16.6 Å². The average molecular weight is 851 g/mol. The van der Waals surface area contributed by atoms with E-state index in [0.717, 1.165) is 49.7 Å². The first-order valence-electron chi connectivity index (χ1n) is 22.4. The van der Waals surface area contributed by atoms with E-state index in [9.17, 15) is 19.1 Å². The number of carbonyl (C=O) groups is 2. The highest BCUT2D eigenvalue weighted by molar-refractivity contribution is 6.90.